The van der Waals surface area contributed by atoms with Crippen LogP contribution >= 0.6 is 11.3 Å². The Morgan fingerprint density at radius 1 is 1.19 bits per heavy atom. The molecule has 6 nitrogen and oxygen atoms in total. The van der Waals surface area contributed by atoms with Crippen molar-refractivity contribution in [1.82, 2.24) is 15.6 Å². The summed E-state index contributed by atoms with van der Waals surface area (Å²) in [5, 5.41) is 7.93. The lowest BCUT2D eigenvalue weighted by molar-refractivity contribution is 0.145. The molecule has 0 bridgehead atoms. The lowest BCUT2D eigenvalue weighted by atomic mass is 10.2. The molecule has 0 fully saturated rings. The molecule has 0 aliphatic heterocycles. The summed E-state index contributed by atoms with van der Waals surface area (Å²) in [4.78, 5) is 10.4. The smallest absolute Gasteiger partial charge is 0.191 e. The lowest BCUT2D eigenvalue weighted by Gasteiger charge is -2.12. The van der Waals surface area contributed by atoms with Gasteiger partial charge in [0.1, 0.15) is 5.75 Å². The predicted molar refractivity (Wildman–Crippen MR) is 112 cm³/mol. The average Bonchev–Trinajstić information content (AvgIpc) is 3.11. The van der Waals surface area contributed by atoms with E-state index in [1.54, 1.807) is 18.4 Å². The second kappa shape index (κ2) is 12.3. The number of aryl methyl sites for hydroxylation is 1. The van der Waals surface area contributed by atoms with Crippen LogP contribution in [0.3, 0.4) is 0 Å². The van der Waals surface area contributed by atoms with Gasteiger partial charge in [0.05, 0.1) is 18.7 Å². The van der Waals surface area contributed by atoms with Crippen molar-refractivity contribution in [2.24, 2.45) is 4.99 Å². The molecule has 0 unspecified atom stereocenters. The first-order chi connectivity index (χ1) is 13.2. The Kier molecular flexibility index (Phi) is 9.65. The molecule has 1 aromatic heterocycles. The maximum atomic E-state index is 5.39. The quantitative estimate of drug-likeness (QED) is 0.350. The first kappa shape index (κ1) is 21.2. The molecule has 0 aliphatic carbocycles. The molecular formula is C20H30N4O2S. The molecule has 2 aromatic rings. The predicted octanol–water partition coefficient (Wildman–Crippen LogP) is 3.16. The summed E-state index contributed by atoms with van der Waals surface area (Å²) in [6.07, 6.45) is 3.76. The average molecular weight is 391 g/mol. The summed E-state index contributed by atoms with van der Waals surface area (Å²) >= 11 is 1.74. The van der Waals surface area contributed by atoms with Crippen LogP contribution in [-0.4, -0.2) is 44.4 Å². The van der Waals surface area contributed by atoms with Crippen LogP contribution in [-0.2, 0) is 17.7 Å². The molecular weight excluding hydrogens is 360 g/mol. The van der Waals surface area contributed by atoms with Crippen LogP contribution in [0.25, 0.3) is 0 Å². The van der Waals surface area contributed by atoms with Crippen LogP contribution in [0.4, 0.5) is 0 Å². The number of nitrogens with one attached hydrogen (secondary N) is 2. The normalized spacial score (nSPS) is 11.4. The number of methoxy groups -OCH3 is 1. The van der Waals surface area contributed by atoms with Gasteiger partial charge in [0.15, 0.2) is 5.96 Å². The first-order valence-corrected chi connectivity index (χ1v) is 10.2. The van der Waals surface area contributed by atoms with E-state index >= 15 is 0 Å². The fourth-order valence-corrected chi connectivity index (χ4v) is 3.19. The van der Waals surface area contributed by atoms with Gasteiger partial charge in [-0.3, -0.25) is 0 Å². The highest BCUT2D eigenvalue weighted by Gasteiger charge is 2.02. The van der Waals surface area contributed by atoms with E-state index in [9.17, 15) is 0 Å². The highest BCUT2D eigenvalue weighted by Crippen LogP contribution is 2.12. The number of benzene rings is 1. The minimum atomic E-state index is 0.612. The van der Waals surface area contributed by atoms with Gasteiger partial charge in [-0.05, 0) is 38.0 Å². The third kappa shape index (κ3) is 8.41. The van der Waals surface area contributed by atoms with Gasteiger partial charge in [-0.15, -0.1) is 11.3 Å². The second-order valence-corrected chi connectivity index (χ2v) is 7.35. The largest absolute Gasteiger partial charge is 0.497 e. The molecule has 0 atom stereocenters. The van der Waals surface area contributed by atoms with Gasteiger partial charge in [-0.1, -0.05) is 12.1 Å². The molecule has 0 spiro atoms. The van der Waals surface area contributed by atoms with E-state index in [-0.39, 0.29) is 0 Å². The van der Waals surface area contributed by atoms with E-state index in [0.717, 1.165) is 61.4 Å². The number of thiazole rings is 1. The number of hydrogen-bond acceptors (Lipinski definition) is 5. The van der Waals surface area contributed by atoms with Crippen LogP contribution in [0.1, 0.15) is 28.8 Å². The number of guanidine groups is 1. The van der Waals surface area contributed by atoms with E-state index < -0.39 is 0 Å². The van der Waals surface area contributed by atoms with Gasteiger partial charge >= 0.3 is 0 Å². The van der Waals surface area contributed by atoms with E-state index in [2.05, 4.69) is 22.5 Å². The Bertz CT molecular complexity index is 686. The molecule has 0 amide bonds. The fraction of sp³-hybridized carbons (Fsp3) is 0.500. The number of nitrogens with zero attached hydrogens (tertiary/aromatic N) is 2. The molecule has 27 heavy (non-hydrogen) atoms. The fourth-order valence-electron chi connectivity index (χ4n) is 2.41. The third-order valence-corrected chi connectivity index (χ3v) is 4.81. The summed E-state index contributed by atoms with van der Waals surface area (Å²) in [5.41, 5.74) is 1.14. The molecule has 1 aromatic carbocycles. The van der Waals surface area contributed by atoms with Crippen molar-refractivity contribution < 1.29 is 9.47 Å². The van der Waals surface area contributed by atoms with Gasteiger partial charge < -0.3 is 20.1 Å². The molecule has 7 heteroatoms. The summed E-state index contributed by atoms with van der Waals surface area (Å²) in [6.45, 7) is 7.84. The van der Waals surface area contributed by atoms with Crippen molar-refractivity contribution in [3.8, 4) is 5.75 Å². The minimum Gasteiger partial charge on any atom is -0.497 e. The van der Waals surface area contributed by atoms with Crippen LogP contribution in [0.5, 0.6) is 5.75 Å². The standard InChI is InChI=1S/C20H30N4O2S/c1-4-26-13-5-11-21-20(22-12-10-19-23-14-16(2)27-19)24-15-17-6-8-18(25-3)9-7-17/h6-9,14H,4-5,10-13,15H2,1-3H3,(H2,21,22,24). The molecule has 148 valence electrons. The summed E-state index contributed by atoms with van der Waals surface area (Å²) < 4.78 is 10.6. The minimum absolute atomic E-state index is 0.612. The number of aliphatic imine (C=N–C) groups is 1. The Morgan fingerprint density at radius 3 is 2.63 bits per heavy atom. The maximum Gasteiger partial charge on any atom is 0.191 e. The van der Waals surface area contributed by atoms with Crippen molar-refractivity contribution in [3.05, 3.63) is 45.9 Å². The van der Waals surface area contributed by atoms with E-state index in [1.807, 2.05) is 37.4 Å². The molecule has 0 radical (unpaired) electrons. The summed E-state index contributed by atoms with van der Waals surface area (Å²) in [7, 11) is 1.67. The Labute approximate surface area is 166 Å². The molecule has 2 N–H and O–H groups in total. The highest BCUT2D eigenvalue weighted by molar-refractivity contribution is 7.11. The van der Waals surface area contributed by atoms with Crippen molar-refractivity contribution >= 4 is 17.3 Å². The number of aromatic nitrogens is 1. The Balaban J connectivity index is 1.86. The number of hydrogen-bond donors (Lipinski definition) is 2. The van der Waals surface area contributed by atoms with Crippen molar-refractivity contribution in [1.29, 1.82) is 0 Å². The topological polar surface area (TPSA) is 67.8 Å². The van der Waals surface area contributed by atoms with Gasteiger partial charge in [-0.2, -0.15) is 0 Å². The van der Waals surface area contributed by atoms with E-state index in [1.165, 1.54) is 4.88 Å². The number of rotatable bonds is 11. The van der Waals surface area contributed by atoms with Gasteiger partial charge in [0.2, 0.25) is 0 Å². The lowest BCUT2D eigenvalue weighted by Crippen LogP contribution is -2.39. The number of ether oxygens (including phenoxy) is 2. The van der Waals surface area contributed by atoms with Crippen LogP contribution in [0, 0.1) is 6.92 Å². The molecule has 0 saturated heterocycles. The van der Waals surface area contributed by atoms with Crippen molar-refractivity contribution in [2.45, 2.75) is 33.2 Å². The van der Waals surface area contributed by atoms with E-state index in [4.69, 9.17) is 14.5 Å². The molecule has 0 saturated carbocycles. The van der Waals surface area contributed by atoms with E-state index in [0.29, 0.717) is 6.54 Å². The van der Waals surface area contributed by atoms with Gasteiger partial charge in [0.25, 0.3) is 0 Å². The summed E-state index contributed by atoms with van der Waals surface area (Å²) in [5.74, 6) is 1.67. The zero-order valence-corrected chi connectivity index (χ0v) is 17.3. The maximum absolute atomic E-state index is 5.39. The van der Waals surface area contributed by atoms with Crippen LogP contribution < -0.4 is 15.4 Å². The first-order valence-electron chi connectivity index (χ1n) is 9.35. The Hall–Kier alpha value is -2.12. The SMILES string of the molecule is CCOCCCNC(=NCc1ccc(OC)cc1)NCCc1ncc(C)s1. The van der Waals surface area contributed by atoms with Gasteiger partial charge in [-0.25, -0.2) is 9.98 Å². The monoisotopic (exact) mass is 390 g/mol. The molecule has 1 heterocycles. The summed E-state index contributed by atoms with van der Waals surface area (Å²) in [6, 6.07) is 7.98. The molecule has 2 rings (SSSR count). The zero-order valence-electron chi connectivity index (χ0n) is 16.5. The zero-order chi connectivity index (χ0) is 19.3. The Morgan fingerprint density at radius 2 is 1.96 bits per heavy atom. The van der Waals surface area contributed by atoms with Crippen LogP contribution in [0.15, 0.2) is 35.5 Å². The second-order valence-electron chi connectivity index (χ2n) is 6.03. The molecule has 0 aliphatic rings. The van der Waals surface area contributed by atoms with Crippen LogP contribution in [0.2, 0.25) is 0 Å². The van der Waals surface area contributed by atoms with Crippen molar-refractivity contribution in [2.75, 3.05) is 33.4 Å². The van der Waals surface area contributed by atoms with Crippen molar-refractivity contribution in [3.63, 3.8) is 0 Å². The third-order valence-electron chi connectivity index (χ3n) is 3.84. The van der Waals surface area contributed by atoms with Gasteiger partial charge in [0, 0.05) is 43.8 Å². The highest BCUT2D eigenvalue weighted by atomic mass is 32.1.